The van der Waals surface area contributed by atoms with Crippen LogP contribution < -0.4 is 5.32 Å². The van der Waals surface area contributed by atoms with Crippen molar-refractivity contribution in [2.45, 2.75) is 19.9 Å². The summed E-state index contributed by atoms with van der Waals surface area (Å²) < 4.78 is 7.51. The lowest BCUT2D eigenvalue weighted by Crippen LogP contribution is -2.02. The number of oxazole rings is 1. The Balaban J connectivity index is 1.81. The molecule has 0 atom stereocenters. The van der Waals surface area contributed by atoms with E-state index in [2.05, 4.69) is 20.3 Å². The monoisotopic (exact) mass is 257 g/mol. The van der Waals surface area contributed by atoms with Gasteiger partial charge in [-0.15, -0.1) is 0 Å². The predicted octanol–water partition coefficient (Wildman–Crippen LogP) is 2.13. The molecule has 19 heavy (non-hydrogen) atoms. The first-order valence-electron chi connectivity index (χ1n) is 6.21. The molecule has 0 aliphatic rings. The van der Waals surface area contributed by atoms with Crippen LogP contribution in [0.5, 0.6) is 0 Å². The maximum absolute atomic E-state index is 5.54. The van der Waals surface area contributed by atoms with Gasteiger partial charge in [0.1, 0.15) is 11.3 Å². The van der Waals surface area contributed by atoms with Crippen molar-refractivity contribution in [2.24, 2.45) is 7.05 Å². The number of aromatic nitrogens is 4. The third-order valence-corrected chi connectivity index (χ3v) is 3.00. The molecule has 1 N–H and O–H groups in total. The van der Waals surface area contributed by atoms with Gasteiger partial charge in [-0.25, -0.2) is 15.0 Å². The van der Waals surface area contributed by atoms with Crippen LogP contribution in [-0.2, 0) is 20.0 Å². The zero-order valence-corrected chi connectivity index (χ0v) is 10.9. The molecule has 0 unspecified atom stereocenters. The van der Waals surface area contributed by atoms with Crippen LogP contribution in [0.15, 0.2) is 29.2 Å². The second-order valence-electron chi connectivity index (χ2n) is 4.31. The van der Waals surface area contributed by atoms with Crippen molar-refractivity contribution in [3.8, 4) is 0 Å². The van der Waals surface area contributed by atoms with Crippen LogP contribution in [0.3, 0.4) is 0 Å². The summed E-state index contributed by atoms with van der Waals surface area (Å²) >= 11 is 0. The molecule has 0 radical (unpaired) electrons. The zero-order valence-electron chi connectivity index (χ0n) is 10.9. The second kappa shape index (κ2) is 4.72. The molecule has 0 fully saturated rings. The largest absolute Gasteiger partial charge is 0.444 e. The first kappa shape index (κ1) is 11.7. The Labute approximate surface area is 110 Å². The number of pyridine rings is 1. The Hall–Kier alpha value is -2.37. The fraction of sp³-hybridized carbons (Fsp3) is 0.308. The number of anilines is 1. The van der Waals surface area contributed by atoms with Crippen LogP contribution in [0.1, 0.15) is 18.6 Å². The van der Waals surface area contributed by atoms with Gasteiger partial charge in [-0.2, -0.15) is 0 Å². The van der Waals surface area contributed by atoms with Crippen molar-refractivity contribution in [1.82, 2.24) is 19.5 Å². The van der Waals surface area contributed by atoms with Gasteiger partial charge < -0.3 is 14.3 Å². The normalized spacial score (nSPS) is 11.1. The minimum Gasteiger partial charge on any atom is -0.444 e. The van der Waals surface area contributed by atoms with Gasteiger partial charge in [0.2, 0.25) is 5.89 Å². The molecule has 0 aliphatic carbocycles. The molecule has 3 aromatic rings. The number of nitrogens with one attached hydrogen (secondary N) is 1. The minimum atomic E-state index is 0.503. The number of imidazole rings is 1. The van der Waals surface area contributed by atoms with Crippen molar-refractivity contribution in [1.29, 1.82) is 0 Å². The standard InChI is InChI=1S/C13H15N5O/c1-3-9-6-15-11(19-9)7-16-13-12-10(4-5-14-13)18(2)8-17-12/h4-6,8H,3,7H2,1-2H3,(H,14,16). The number of nitrogens with zero attached hydrogens (tertiary/aromatic N) is 4. The van der Waals surface area contributed by atoms with Gasteiger partial charge in [0, 0.05) is 19.7 Å². The summed E-state index contributed by atoms with van der Waals surface area (Å²) in [5.41, 5.74) is 1.89. The van der Waals surface area contributed by atoms with E-state index < -0.39 is 0 Å². The average Bonchev–Trinajstić information content (AvgIpc) is 3.04. The molecule has 6 heteroatoms. The van der Waals surface area contributed by atoms with Crippen LogP contribution in [0.4, 0.5) is 5.82 Å². The predicted molar refractivity (Wildman–Crippen MR) is 71.7 cm³/mol. The highest BCUT2D eigenvalue weighted by molar-refractivity contribution is 5.85. The van der Waals surface area contributed by atoms with Gasteiger partial charge in [0.25, 0.3) is 0 Å². The molecular formula is C13H15N5O. The van der Waals surface area contributed by atoms with Crippen molar-refractivity contribution in [2.75, 3.05) is 5.32 Å². The first-order chi connectivity index (χ1) is 9.28. The summed E-state index contributed by atoms with van der Waals surface area (Å²) in [5, 5.41) is 3.21. The molecule has 98 valence electrons. The molecule has 0 aliphatic heterocycles. The Kier molecular flexibility index (Phi) is 2.91. The molecule has 3 heterocycles. The lowest BCUT2D eigenvalue weighted by atomic mass is 10.4. The molecule has 0 aromatic carbocycles. The fourth-order valence-electron chi connectivity index (χ4n) is 1.94. The summed E-state index contributed by atoms with van der Waals surface area (Å²) in [7, 11) is 1.96. The lowest BCUT2D eigenvalue weighted by molar-refractivity contribution is 0.465. The molecule has 0 bridgehead atoms. The molecule has 0 amide bonds. The van der Waals surface area contributed by atoms with Gasteiger partial charge in [-0.1, -0.05) is 6.92 Å². The summed E-state index contributed by atoms with van der Waals surface area (Å²) in [6.45, 7) is 2.54. The molecule has 3 rings (SSSR count). The number of aryl methyl sites for hydroxylation is 2. The van der Waals surface area contributed by atoms with Gasteiger partial charge in [0.15, 0.2) is 5.82 Å². The zero-order chi connectivity index (χ0) is 13.2. The lowest BCUT2D eigenvalue weighted by Gasteiger charge is -2.03. The van der Waals surface area contributed by atoms with Crippen LogP contribution in [0.2, 0.25) is 0 Å². The van der Waals surface area contributed by atoms with Gasteiger partial charge in [0.05, 0.1) is 24.6 Å². The smallest absolute Gasteiger partial charge is 0.213 e. The van der Waals surface area contributed by atoms with Gasteiger partial charge in [-0.3, -0.25) is 0 Å². The topological polar surface area (TPSA) is 68.8 Å². The van der Waals surface area contributed by atoms with E-state index in [-0.39, 0.29) is 0 Å². The third kappa shape index (κ3) is 2.16. The van der Waals surface area contributed by atoms with E-state index in [9.17, 15) is 0 Å². The summed E-state index contributed by atoms with van der Waals surface area (Å²) in [5.74, 6) is 2.29. The maximum atomic E-state index is 5.54. The fourth-order valence-corrected chi connectivity index (χ4v) is 1.94. The third-order valence-electron chi connectivity index (χ3n) is 3.00. The number of hydrogen-bond donors (Lipinski definition) is 1. The maximum Gasteiger partial charge on any atom is 0.213 e. The number of rotatable bonds is 4. The van der Waals surface area contributed by atoms with Crippen LogP contribution in [-0.4, -0.2) is 19.5 Å². The Morgan fingerprint density at radius 2 is 2.21 bits per heavy atom. The molecule has 3 aromatic heterocycles. The SMILES string of the molecule is CCc1cnc(CNc2nccc3c2ncn3C)o1. The van der Waals surface area contributed by atoms with E-state index in [0.29, 0.717) is 12.4 Å². The second-order valence-corrected chi connectivity index (χ2v) is 4.31. The van der Waals surface area contributed by atoms with E-state index in [1.54, 1.807) is 18.7 Å². The van der Waals surface area contributed by atoms with E-state index >= 15 is 0 Å². The molecular weight excluding hydrogens is 242 g/mol. The Bertz CT molecular complexity index is 700. The highest BCUT2D eigenvalue weighted by Crippen LogP contribution is 2.19. The summed E-state index contributed by atoms with van der Waals surface area (Å²) in [6.07, 6.45) is 6.14. The van der Waals surface area contributed by atoms with Crippen molar-refractivity contribution in [3.05, 3.63) is 36.4 Å². The quantitative estimate of drug-likeness (QED) is 0.775. The van der Waals surface area contributed by atoms with E-state index in [1.807, 2.05) is 24.6 Å². The van der Waals surface area contributed by atoms with E-state index in [4.69, 9.17) is 4.42 Å². The van der Waals surface area contributed by atoms with Gasteiger partial charge >= 0.3 is 0 Å². The molecule has 0 saturated heterocycles. The summed E-state index contributed by atoms with van der Waals surface area (Å²) in [6, 6.07) is 1.94. The molecule has 6 nitrogen and oxygen atoms in total. The minimum absolute atomic E-state index is 0.503. The van der Waals surface area contributed by atoms with Gasteiger partial charge in [-0.05, 0) is 6.07 Å². The average molecular weight is 257 g/mol. The first-order valence-corrected chi connectivity index (χ1v) is 6.21. The van der Waals surface area contributed by atoms with E-state index in [0.717, 1.165) is 29.0 Å². The Morgan fingerprint density at radius 3 is 3.00 bits per heavy atom. The van der Waals surface area contributed by atoms with Crippen molar-refractivity contribution in [3.63, 3.8) is 0 Å². The summed E-state index contributed by atoms with van der Waals surface area (Å²) in [4.78, 5) is 12.8. The Morgan fingerprint density at radius 1 is 1.32 bits per heavy atom. The highest BCUT2D eigenvalue weighted by Gasteiger charge is 2.08. The molecule has 0 spiro atoms. The van der Waals surface area contributed by atoms with Crippen LogP contribution in [0.25, 0.3) is 11.0 Å². The van der Waals surface area contributed by atoms with Crippen LogP contribution in [0, 0.1) is 0 Å². The number of fused-ring (bicyclic) bond motifs is 1. The highest BCUT2D eigenvalue weighted by atomic mass is 16.4. The molecule has 0 saturated carbocycles. The van der Waals surface area contributed by atoms with Crippen molar-refractivity contribution < 1.29 is 4.42 Å². The van der Waals surface area contributed by atoms with Crippen LogP contribution >= 0.6 is 0 Å². The van der Waals surface area contributed by atoms with E-state index in [1.165, 1.54) is 0 Å². The van der Waals surface area contributed by atoms with Crippen molar-refractivity contribution >= 4 is 16.9 Å². The number of hydrogen-bond acceptors (Lipinski definition) is 5.